The van der Waals surface area contributed by atoms with Crippen molar-refractivity contribution in [3.05, 3.63) is 41.0 Å². The van der Waals surface area contributed by atoms with Crippen molar-refractivity contribution in [2.75, 3.05) is 0 Å². The van der Waals surface area contributed by atoms with Crippen LogP contribution in [0.25, 0.3) is 5.57 Å². The summed E-state index contributed by atoms with van der Waals surface area (Å²) in [6.07, 6.45) is -5.72. The summed E-state index contributed by atoms with van der Waals surface area (Å²) in [5, 5.41) is 9.54. The van der Waals surface area contributed by atoms with E-state index in [-0.39, 0.29) is 23.7 Å². The second kappa shape index (κ2) is 5.88. The molecule has 0 bridgehead atoms. The van der Waals surface area contributed by atoms with Crippen molar-refractivity contribution in [3.63, 3.8) is 0 Å². The first-order chi connectivity index (χ1) is 8.74. The first kappa shape index (κ1) is 15.2. The number of allylic oxidation sites excluding steroid dienone is 2. The average molecular weight is 274 g/mol. The summed E-state index contributed by atoms with van der Waals surface area (Å²) >= 11 is 0. The molecule has 0 aliphatic heterocycles. The first-order valence-electron chi connectivity index (χ1n) is 5.39. The van der Waals surface area contributed by atoms with E-state index in [0.717, 1.165) is 0 Å². The average Bonchev–Trinajstić information content (AvgIpc) is 2.27. The Hall–Kier alpha value is -1.82. The Labute approximate surface area is 108 Å². The van der Waals surface area contributed by atoms with Crippen molar-refractivity contribution in [1.82, 2.24) is 0 Å². The maximum Gasteiger partial charge on any atom is 0.410 e. The standard InChI is InChI=1S/C13H13F3O3/c1-8-3-4-10(9(2)6-13(14,15)16)5-11(8)12(18)19-7-17/h3-7,12,18H,1-2H3/b9-6+. The Morgan fingerprint density at radius 2 is 2.05 bits per heavy atom. The molecule has 19 heavy (non-hydrogen) atoms. The number of carbonyl (C=O) groups excluding carboxylic acids is 1. The molecule has 0 aliphatic rings. The van der Waals surface area contributed by atoms with Gasteiger partial charge in [0.1, 0.15) is 0 Å². The molecular formula is C13H13F3O3. The normalized spacial score (nSPS) is 14.1. The fourth-order valence-corrected chi connectivity index (χ4v) is 1.61. The Morgan fingerprint density at radius 1 is 1.42 bits per heavy atom. The predicted octanol–water partition coefficient (Wildman–Crippen LogP) is 3.12. The van der Waals surface area contributed by atoms with Crippen molar-refractivity contribution < 1.29 is 27.8 Å². The summed E-state index contributed by atoms with van der Waals surface area (Å²) in [5.74, 6) is 0. The monoisotopic (exact) mass is 274 g/mol. The Bertz CT molecular complexity index is 492. The van der Waals surface area contributed by atoms with E-state index in [2.05, 4.69) is 4.74 Å². The highest BCUT2D eigenvalue weighted by molar-refractivity contribution is 5.65. The van der Waals surface area contributed by atoms with Crippen molar-refractivity contribution >= 4 is 12.0 Å². The van der Waals surface area contributed by atoms with Gasteiger partial charge in [-0.1, -0.05) is 12.1 Å². The zero-order valence-corrected chi connectivity index (χ0v) is 10.4. The quantitative estimate of drug-likeness (QED) is 0.677. The minimum atomic E-state index is -4.41. The third kappa shape index (κ3) is 4.40. The molecule has 0 saturated carbocycles. The van der Waals surface area contributed by atoms with Crippen LogP contribution in [0.2, 0.25) is 0 Å². The lowest BCUT2D eigenvalue weighted by Gasteiger charge is -2.14. The van der Waals surface area contributed by atoms with E-state index in [1.54, 1.807) is 13.0 Å². The van der Waals surface area contributed by atoms with E-state index < -0.39 is 12.5 Å². The van der Waals surface area contributed by atoms with E-state index in [0.29, 0.717) is 11.1 Å². The van der Waals surface area contributed by atoms with Gasteiger partial charge in [-0.3, -0.25) is 4.79 Å². The molecule has 0 radical (unpaired) electrons. The number of ether oxygens (including phenoxy) is 1. The highest BCUT2D eigenvalue weighted by atomic mass is 19.4. The molecule has 1 aromatic rings. The maximum absolute atomic E-state index is 12.3. The van der Waals surface area contributed by atoms with E-state index in [9.17, 15) is 23.1 Å². The Morgan fingerprint density at radius 3 is 2.58 bits per heavy atom. The number of aliphatic hydroxyl groups excluding tert-OH is 1. The molecule has 0 saturated heterocycles. The summed E-state index contributed by atoms with van der Waals surface area (Å²) in [6.45, 7) is 3.05. The predicted molar refractivity (Wildman–Crippen MR) is 63.0 cm³/mol. The van der Waals surface area contributed by atoms with Gasteiger partial charge in [0.25, 0.3) is 6.47 Å². The fourth-order valence-electron chi connectivity index (χ4n) is 1.61. The summed E-state index contributed by atoms with van der Waals surface area (Å²) in [5.41, 5.74) is 1.16. The van der Waals surface area contributed by atoms with Gasteiger partial charge in [0.05, 0.1) is 0 Å². The van der Waals surface area contributed by atoms with Gasteiger partial charge in [-0.15, -0.1) is 0 Å². The largest absolute Gasteiger partial charge is 0.434 e. The molecule has 0 fully saturated rings. The molecule has 104 valence electrons. The van der Waals surface area contributed by atoms with Crippen LogP contribution in [-0.4, -0.2) is 17.8 Å². The number of aliphatic hydroxyl groups is 1. The third-order valence-electron chi connectivity index (χ3n) is 2.57. The van der Waals surface area contributed by atoms with E-state index in [1.807, 2.05) is 0 Å². The van der Waals surface area contributed by atoms with Crippen molar-refractivity contribution in [2.45, 2.75) is 26.3 Å². The molecule has 1 N–H and O–H groups in total. The van der Waals surface area contributed by atoms with Crippen LogP contribution in [0.5, 0.6) is 0 Å². The number of hydrogen-bond donors (Lipinski definition) is 1. The number of alkyl halides is 3. The van der Waals surface area contributed by atoms with Gasteiger partial charge in [0.15, 0.2) is 0 Å². The lowest BCUT2D eigenvalue weighted by molar-refractivity contribution is -0.153. The Kier molecular flexibility index (Phi) is 4.72. The van der Waals surface area contributed by atoms with Crippen LogP contribution in [-0.2, 0) is 9.53 Å². The molecular weight excluding hydrogens is 261 g/mol. The van der Waals surface area contributed by atoms with Crippen LogP contribution in [0.4, 0.5) is 13.2 Å². The van der Waals surface area contributed by atoms with Crippen LogP contribution in [0.3, 0.4) is 0 Å². The number of halogens is 3. The summed E-state index contributed by atoms with van der Waals surface area (Å²) in [7, 11) is 0. The number of carbonyl (C=O) groups is 1. The van der Waals surface area contributed by atoms with Crippen LogP contribution in [0.1, 0.15) is 29.9 Å². The second-order valence-corrected chi connectivity index (χ2v) is 4.02. The fraction of sp³-hybridized carbons (Fsp3) is 0.308. The van der Waals surface area contributed by atoms with Gasteiger partial charge in [0.2, 0.25) is 6.29 Å². The van der Waals surface area contributed by atoms with Gasteiger partial charge in [0, 0.05) is 11.6 Å². The van der Waals surface area contributed by atoms with Crippen LogP contribution in [0, 0.1) is 6.92 Å². The van der Waals surface area contributed by atoms with Gasteiger partial charge in [-0.05, 0) is 36.6 Å². The first-order valence-corrected chi connectivity index (χ1v) is 5.39. The Balaban J connectivity index is 3.15. The number of rotatable bonds is 4. The van der Waals surface area contributed by atoms with E-state index in [4.69, 9.17) is 0 Å². The number of aryl methyl sites for hydroxylation is 1. The number of benzene rings is 1. The van der Waals surface area contributed by atoms with Crippen molar-refractivity contribution in [1.29, 1.82) is 0 Å². The highest BCUT2D eigenvalue weighted by Crippen LogP contribution is 2.27. The topological polar surface area (TPSA) is 46.5 Å². The minimum Gasteiger partial charge on any atom is -0.434 e. The molecule has 0 aliphatic carbocycles. The minimum absolute atomic E-state index is 0.00653. The molecule has 1 aromatic carbocycles. The van der Waals surface area contributed by atoms with Crippen LogP contribution < -0.4 is 0 Å². The molecule has 3 nitrogen and oxygen atoms in total. The van der Waals surface area contributed by atoms with E-state index in [1.165, 1.54) is 19.1 Å². The lowest BCUT2D eigenvalue weighted by Crippen LogP contribution is -2.05. The molecule has 0 amide bonds. The maximum atomic E-state index is 12.3. The zero-order chi connectivity index (χ0) is 14.6. The summed E-state index contributed by atoms with van der Waals surface area (Å²) < 4.78 is 41.1. The summed E-state index contributed by atoms with van der Waals surface area (Å²) in [6, 6.07) is 4.42. The van der Waals surface area contributed by atoms with Crippen LogP contribution >= 0.6 is 0 Å². The molecule has 1 unspecified atom stereocenters. The lowest BCUT2D eigenvalue weighted by atomic mass is 10.00. The van der Waals surface area contributed by atoms with Gasteiger partial charge >= 0.3 is 6.18 Å². The van der Waals surface area contributed by atoms with Gasteiger partial charge in [-0.2, -0.15) is 13.2 Å². The summed E-state index contributed by atoms with van der Waals surface area (Å²) in [4.78, 5) is 10.2. The van der Waals surface area contributed by atoms with Gasteiger partial charge in [-0.25, -0.2) is 0 Å². The van der Waals surface area contributed by atoms with Crippen molar-refractivity contribution in [3.8, 4) is 0 Å². The molecule has 0 aromatic heterocycles. The van der Waals surface area contributed by atoms with E-state index >= 15 is 0 Å². The highest BCUT2D eigenvalue weighted by Gasteiger charge is 2.24. The zero-order valence-electron chi connectivity index (χ0n) is 10.4. The molecule has 0 spiro atoms. The molecule has 1 atom stereocenters. The molecule has 1 rings (SSSR count). The second-order valence-electron chi connectivity index (χ2n) is 4.02. The SMILES string of the molecule is C/C(=C\C(F)(F)F)c1ccc(C)c(C(O)OC=O)c1. The van der Waals surface area contributed by atoms with Crippen molar-refractivity contribution in [2.24, 2.45) is 0 Å². The smallest absolute Gasteiger partial charge is 0.410 e. The third-order valence-corrected chi connectivity index (χ3v) is 2.57. The molecule has 0 heterocycles. The molecule has 6 heteroatoms. The van der Waals surface area contributed by atoms with Crippen LogP contribution in [0.15, 0.2) is 24.3 Å². The van der Waals surface area contributed by atoms with Gasteiger partial charge < -0.3 is 9.84 Å². The number of hydrogen-bond acceptors (Lipinski definition) is 3.